The number of hydrogen-bond donors (Lipinski definition) is 6. The summed E-state index contributed by atoms with van der Waals surface area (Å²) < 4.78 is 5.30. The van der Waals surface area contributed by atoms with Gasteiger partial charge in [0.2, 0.25) is 10.9 Å². The van der Waals surface area contributed by atoms with Gasteiger partial charge in [-0.15, -0.1) is 23.2 Å². The number of pyridine rings is 2. The third kappa shape index (κ3) is 12.2. The van der Waals surface area contributed by atoms with E-state index < -0.39 is 23.5 Å². The topological polar surface area (TPSA) is 188 Å². The zero-order valence-electron chi connectivity index (χ0n) is 35.2. The van der Waals surface area contributed by atoms with E-state index in [4.69, 9.17) is 33.7 Å². The molecule has 2 heterocycles. The van der Waals surface area contributed by atoms with Crippen LogP contribution in [0.4, 0.5) is 27.5 Å². The fraction of sp³-hybridized carbons (Fsp3) is 0.283. The Morgan fingerprint density at radius 1 is 0.617 bits per heavy atom. The number of aromatic amines is 2. The summed E-state index contributed by atoms with van der Waals surface area (Å²) in [6.45, 7) is 17.5. The van der Waals surface area contributed by atoms with Crippen molar-refractivity contribution in [2.45, 2.75) is 78.7 Å². The van der Waals surface area contributed by atoms with Gasteiger partial charge in [-0.05, 0) is 91.3 Å². The summed E-state index contributed by atoms with van der Waals surface area (Å²) in [5, 5.41) is 9.50. The molecule has 0 spiro atoms. The normalized spacial score (nSPS) is 11.4. The van der Waals surface area contributed by atoms with Crippen molar-refractivity contribution in [2.75, 3.05) is 27.0 Å². The van der Waals surface area contributed by atoms with E-state index in [1.807, 2.05) is 45.0 Å². The molecule has 6 rings (SSSR count). The van der Waals surface area contributed by atoms with Crippen molar-refractivity contribution in [3.05, 3.63) is 140 Å². The molecule has 0 aliphatic rings. The number of nitrogens with one attached hydrogen (secondary N) is 5. The summed E-state index contributed by atoms with van der Waals surface area (Å²) in [5.41, 5.74) is 9.51. The average Bonchev–Trinajstić information content (AvgIpc) is 3.14. The predicted octanol–water partition coefficient (Wildman–Crippen LogP) is 10.5. The number of nitrogen functional groups attached to an aromatic ring is 1. The number of rotatable bonds is 5. The zero-order chi connectivity index (χ0) is 44.6. The first-order chi connectivity index (χ1) is 28.0. The first kappa shape index (κ1) is 46.6. The van der Waals surface area contributed by atoms with E-state index in [2.05, 4.69) is 46.7 Å². The molecule has 3 amide bonds. The number of ether oxygens (including phenoxy) is 1. The average molecular weight is 856 g/mol. The number of para-hydroxylation sites is 2. The Hall–Kier alpha value is -6.11. The molecule has 316 valence electrons. The lowest BCUT2D eigenvalue weighted by atomic mass is 9.85. The maximum Gasteiger partial charge on any atom is 0.412 e. The van der Waals surface area contributed by atoms with Gasteiger partial charge in [0.1, 0.15) is 16.7 Å². The molecule has 7 N–H and O–H groups in total. The smallest absolute Gasteiger partial charge is 0.412 e. The van der Waals surface area contributed by atoms with Crippen molar-refractivity contribution in [3.63, 3.8) is 0 Å². The highest BCUT2D eigenvalue weighted by Crippen LogP contribution is 2.33. The number of H-pyrrole nitrogens is 2. The number of anilines is 4. The standard InChI is InChI=1S/C25H29N3O4.C20H21N3O2.CH2Cl2/c1-24(2,3)18-12-11-15(27-23(31)32-25(4,5)6)13-20(18)28-22(30)17-14-26-19-10-8-7-9-16(19)21(17)29;1-20(2,3)15-9-8-12(21)10-17(15)23-19(25)14-11-22-16-7-5-4-6-13(16)18(14)24;2-1-3/h7-14H,1-6H3,(H,26,29)(H,27,31)(H,28,30);4-11H,21H2,1-3H3,(H,22,24)(H,23,25);1H2. The molecule has 14 heteroatoms. The van der Waals surface area contributed by atoms with Gasteiger partial charge in [0.15, 0.2) is 0 Å². The number of carbonyl (C=O) groups is 3. The Bertz CT molecular complexity index is 2630. The Morgan fingerprint density at radius 2 is 1.03 bits per heavy atom. The second kappa shape index (κ2) is 19.3. The summed E-state index contributed by atoms with van der Waals surface area (Å²) in [4.78, 5) is 69.3. The Kier molecular flexibility index (Phi) is 15.0. The van der Waals surface area contributed by atoms with Crippen LogP contribution in [0.5, 0.6) is 0 Å². The molecule has 0 atom stereocenters. The van der Waals surface area contributed by atoms with E-state index in [-0.39, 0.29) is 38.2 Å². The highest BCUT2D eigenvalue weighted by atomic mass is 35.5. The molecule has 2 aromatic heterocycles. The summed E-state index contributed by atoms with van der Waals surface area (Å²) in [5.74, 6) is -0.986. The quantitative estimate of drug-likeness (QED) is 0.0735. The minimum Gasteiger partial charge on any atom is -0.444 e. The van der Waals surface area contributed by atoms with Crippen LogP contribution < -0.4 is 32.5 Å². The highest BCUT2D eigenvalue weighted by molar-refractivity contribution is 6.40. The Balaban J connectivity index is 0.000000255. The van der Waals surface area contributed by atoms with Gasteiger partial charge in [-0.1, -0.05) is 77.9 Å². The molecule has 0 bridgehead atoms. The fourth-order valence-corrected chi connectivity index (χ4v) is 6.17. The van der Waals surface area contributed by atoms with Crippen LogP contribution in [0, 0.1) is 0 Å². The van der Waals surface area contributed by atoms with Crippen LogP contribution in [-0.2, 0) is 15.6 Å². The van der Waals surface area contributed by atoms with Crippen molar-refractivity contribution >= 4 is 85.7 Å². The van der Waals surface area contributed by atoms with E-state index in [9.17, 15) is 24.0 Å². The SMILES string of the molecule is CC(C)(C)OC(=O)Nc1ccc(C(C)(C)C)c(NC(=O)c2c[nH]c3ccccc3c2=O)c1.CC(C)(C)c1ccc(N)cc1NC(=O)c1c[nH]c2ccccc2c1=O.ClCCl. The van der Waals surface area contributed by atoms with E-state index in [0.717, 1.165) is 11.1 Å². The second-order valence-electron chi connectivity index (χ2n) is 16.9. The van der Waals surface area contributed by atoms with Crippen molar-refractivity contribution in [1.82, 2.24) is 9.97 Å². The lowest BCUT2D eigenvalue weighted by molar-refractivity contribution is 0.0635. The third-order valence-corrected chi connectivity index (χ3v) is 8.89. The zero-order valence-corrected chi connectivity index (χ0v) is 36.7. The molecule has 0 saturated carbocycles. The fourth-order valence-electron chi connectivity index (χ4n) is 6.17. The van der Waals surface area contributed by atoms with Gasteiger partial charge < -0.3 is 31.1 Å². The van der Waals surface area contributed by atoms with Crippen molar-refractivity contribution in [1.29, 1.82) is 0 Å². The molecule has 0 aliphatic carbocycles. The minimum atomic E-state index is -0.635. The van der Waals surface area contributed by atoms with E-state index in [0.29, 0.717) is 44.6 Å². The van der Waals surface area contributed by atoms with E-state index in [1.54, 1.807) is 81.4 Å². The van der Waals surface area contributed by atoms with E-state index >= 15 is 0 Å². The Morgan fingerprint density at radius 3 is 1.47 bits per heavy atom. The van der Waals surface area contributed by atoms with Crippen molar-refractivity contribution < 1.29 is 19.1 Å². The van der Waals surface area contributed by atoms with Crippen molar-refractivity contribution in [2.24, 2.45) is 0 Å². The molecule has 0 aliphatic heterocycles. The third-order valence-electron chi connectivity index (χ3n) is 8.89. The minimum absolute atomic E-state index is 0.00839. The second-order valence-corrected chi connectivity index (χ2v) is 17.7. The molecule has 60 heavy (non-hydrogen) atoms. The maximum absolute atomic E-state index is 13.0. The number of nitrogens with two attached hydrogens (primary N) is 1. The molecule has 0 fully saturated rings. The number of fused-ring (bicyclic) bond motifs is 2. The lowest BCUT2D eigenvalue weighted by Crippen LogP contribution is -2.27. The van der Waals surface area contributed by atoms with Crippen LogP contribution in [0.3, 0.4) is 0 Å². The van der Waals surface area contributed by atoms with Crippen LogP contribution in [-0.4, -0.2) is 38.8 Å². The van der Waals surface area contributed by atoms with Crippen LogP contribution in [0.15, 0.2) is 107 Å². The van der Waals surface area contributed by atoms with Gasteiger partial charge in [0.05, 0.1) is 5.34 Å². The van der Waals surface area contributed by atoms with Gasteiger partial charge in [0, 0.05) is 56.9 Å². The number of carbonyl (C=O) groups excluding carboxylic acids is 3. The summed E-state index contributed by atoms with van der Waals surface area (Å²) in [6, 6.07) is 24.8. The van der Waals surface area contributed by atoms with Gasteiger partial charge in [-0.25, -0.2) is 4.79 Å². The van der Waals surface area contributed by atoms with Crippen LogP contribution >= 0.6 is 23.2 Å². The number of amides is 3. The van der Waals surface area contributed by atoms with Crippen LogP contribution in [0.2, 0.25) is 0 Å². The van der Waals surface area contributed by atoms with Gasteiger partial charge >= 0.3 is 6.09 Å². The molecular formula is C46H52Cl2N6O6. The number of halogens is 2. The molecule has 12 nitrogen and oxygen atoms in total. The number of benzene rings is 4. The first-order valence-corrected chi connectivity index (χ1v) is 20.1. The van der Waals surface area contributed by atoms with Gasteiger partial charge in [0.25, 0.3) is 11.8 Å². The van der Waals surface area contributed by atoms with Crippen molar-refractivity contribution in [3.8, 4) is 0 Å². The summed E-state index contributed by atoms with van der Waals surface area (Å²) in [7, 11) is 0. The first-order valence-electron chi connectivity index (χ1n) is 19.0. The van der Waals surface area contributed by atoms with Gasteiger partial charge in [-0.3, -0.25) is 24.5 Å². The maximum atomic E-state index is 13.0. The number of aromatic nitrogens is 2. The largest absolute Gasteiger partial charge is 0.444 e. The molecule has 0 unspecified atom stereocenters. The summed E-state index contributed by atoms with van der Waals surface area (Å²) in [6.07, 6.45) is 2.27. The summed E-state index contributed by atoms with van der Waals surface area (Å²) >= 11 is 9.53. The monoisotopic (exact) mass is 854 g/mol. The predicted molar refractivity (Wildman–Crippen MR) is 246 cm³/mol. The highest BCUT2D eigenvalue weighted by Gasteiger charge is 2.24. The molecule has 4 aromatic carbocycles. The van der Waals surface area contributed by atoms with Crippen LogP contribution in [0.1, 0.15) is 94.2 Å². The van der Waals surface area contributed by atoms with Gasteiger partial charge in [-0.2, -0.15) is 0 Å². The molecular weight excluding hydrogens is 803 g/mol. The van der Waals surface area contributed by atoms with Crippen LogP contribution in [0.25, 0.3) is 21.8 Å². The number of hydrogen-bond acceptors (Lipinski definition) is 7. The molecule has 0 saturated heterocycles. The molecule has 6 aromatic rings. The lowest BCUT2D eigenvalue weighted by Gasteiger charge is -2.24. The Labute approximate surface area is 359 Å². The number of alkyl halides is 2. The van der Waals surface area contributed by atoms with E-state index in [1.165, 1.54) is 12.4 Å². The molecule has 0 radical (unpaired) electrons.